The van der Waals surface area contributed by atoms with E-state index in [1.54, 1.807) is 0 Å². The highest BCUT2D eigenvalue weighted by Gasteiger charge is 2.14. The molecule has 0 fully saturated rings. The lowest BCUT2D eigenvalue weighted by atomic mass is 10.0. The molecule has 0 aliphatic heterocycles. The molecule has 1 rings (SSSR count). The number of hydrogen-bond donors (Lipinski definition) is 2. The average Bonchev–Trinajstić information content (AvgIpc) is 2.45. The molecule has 1 atom stereocenters. The van der Waals surface area contributed by atoms with Crippen LogP contribution in [0, 0.1) is 27.4 Å². The number of carbonyl (C=O) groups is 1. The Morgan fingerprint density at radius 2 is 2.24 bits per heavy atom. The van der Waals surface area contributed by atoms with Crippen molar-refractivity contribution in [3.05, 3.63) is 33.9 Å². The summed E-state index contributed by atoms with van der Waals surface area (Å²) in [7, 11) is 0. The first kappa shape index (κ1) is 16.4. The summed E-state index contributed by atoms with van der Waals surface area (Å²) in [4.78, 5) is 20.9. The van der Waals surface area contributed by atoms with Crippen LogP contribution >= 0.6 is 0 Å². The standard InChI is InChI=1S/C14H17N3O4/c1-10(2-5-14(18)19)6-7-16-12-4-3-11(9-15)8-13(12)17(20)21/h3-4,8,10,16H,2,5-7H2,1H3,(H,18,19). The van der Waals surface area contributed by atoms with Crippen LogP contribution in [0.15, 0.2) is 18.2 Å². The number of nitro groups is 1. The summed E-state index contributed by atoms with van der Waals surface area (Å²) in [5.74, 6) is -0.608. The third kappa shape index (κ3) is 5.48. The van der Waals surface area contributed by atoms with Crippen molar-refractivity contribution in [2.24, 2.45) is 5.92 Å². The van der Waals surface area contributed by atoms with Crippen LogP contribution in [0.1, 0.15) is 31.7 Å². The summed E-state index contributed by atoms with van der Waals surface area (Å²) in [6.07, 6.45) is 1.41. The van der Waals surface area contributed by atoms with Crippen LogP contribution in [0.5, 0.6) is 0 Å². The summed E-state index contributed by atoms with van der Waals surface area (Å²) in [6.45, 7) is 2.45. The average molecular weight is 291 g/mol. The van der Waals surface area contributed by atoms with Crippen molar-refractivity contribution in [1.29, 1.82) is 5.26 Å². The Hall–Kier alpha value is -2.62. The highest BCUT2D eigenvalue weighted by molar-refractivity contribution is 5.66. The molecule has 1 aromatic rings. The molecule has 21 heavy (non-hydrogen) atoms. The maximum atomic E-state index is 11.0. The second kappa shape index (κ2) is 7.85. The molecule has 1 unspecified atom stereocenters. The van der Waals surface area contributed by atoms with Gasteiger partial charge in [-0.05, 0) is 30.9 Å². The Morgan fingerprint density at radius 3 is 2.81 bits per heavy atom. The van der Waals surface area contributed by atoms with Crippen molar-refractivity contribution in [3.8, 4) is 6.07 Å². The third-order valence-corrected chi connectivity index (χ3v) is 3.13. The van der Waals surface area contributed by atoms with Crippen molar-refractivity contribution < 1.29 is 14.8 Å². The van der Waals surface area contributed by atoms with Gasteiger partial charge in [-0.15, -0.1) is 0 Å². The second-order valence-electron chi connectivity index (χ2n) is 4.85. The maximum Gasteiger partial charge on any atom is 0.303 e. The number of aliphatic carboxylic acids is 1. The molecule has 0 bridgehead atoms. The lowest BCUT2D eigenvalue weighted by molar-refractivity contribution is -0.384. The molecule has 0 saturated heterocycles. The largest absolute Gasteiger partial charge is 0.481 e. The molecule has 0 spiro atoms. The number of benzene rings is 1. The van der Waals surface area contributed by atoms with Gasteiger partial charge in [0.05, 0.1) is 16.6 Å². The number of carboxylic acid groups (broad SMARTS) is 1. The molecule has 0 saturated carbocycles. The number of nitrogens with zero attached hydrogens (tertiary/aromatic N) is 2. The molecule has 0 aromatic heterocycles. The fraction of sp³-hybridized carbons (Fsp3) is 0.429. The summed E-state index contributed by atoms with van der Waals surface area (Å²) in [5, 5.41) is 31.3. The zero-order chi connectivity index (χ0) is 15.8. The zero-order valence-electron chi connectivity index (χ0n) is 11.7. The van der Waals surface area contributed by atoms with Gasteiger partial charge >= 0.3 is 5.97 Å². The number of nitriles is 1. The molecule has 7 heteroatoms. The fourth-order valence-electron chi connectivity index (χ4n) is 1.87. The molecule has 2 N–H and O–H groups in total. The number of nitro benzene ring substituents is 1. The molecule has 0 radical (unpaired) electrons. The van der Waals surface area contributed by atoms with Gasteiger partial charge in [0.15, 0.2) is 0 Å². The van der Waals surface area contributed by atoms with E-state index in [2.05, 4.69) is 5.32 Å². The van der Waals surface area contributed by atoms with Crippen LogP contribution in [-0.4, -0.2) is 22.5 Å². The molecule has 0 aliphatic rings. The molecule has 0 heterocycles. The Morgan fingerprint density at radius 1 is 1.52 bits per heavy atom. The predicted octanol–water partition coefficient (Wildman–Crippen LogP) is 2.77. The van der Waals surface area contributed by atoms with Crippen LogP contribution in [-0.2, 0) is 4.79 Å². The first-order chi connectivity index (χ1) is 9.93. The number of rotatable bonds is 8. The van der Waals surface area contributed by atoms with E-state index < -0.39 is 10.9 Å². The monoisotopic (exact) mass is 291 g/mol. The Bertz CT molecular complexity index is 566. The topological polar surface area (TPSA) is 116 Å². The fourth-order valence-corrected chi connectivity index (χ4v) is 1.87. The normalized spacial score (nSPS) is 11.4. The number of anilines is 1. The minimum Gasteiger partial charge on any atom is -0.481 e. The lowest BCUT2D eigenvalue weighted by Crippen LogP contribution is -2.09. The van der Waals surface area contributed by atoms with E-state index in [1.807, 2.05) is 13.0 Å². The SMILES string of the molecule is CC(CCNc1ccc(C#N)cc1[N+](=O)[O-])CCC(=O)O. The van der Waals surface area contributed by atoms with Gasteiger partial charge in [-0.2, -0.15) is 5.26 Å². The molecule has 0 amide bonds. The first-order valence-electron chi connectivity index (χ1n) is 6.58. The van der Waals surface area contributed by atoms with Gasteiger partial charge in [0, 0.05) is 19.0 Å². The van der Waals surface area contributed by atoms with E-state index in [1.165, 1.54) is 18.2 Å². The molecule has 1 aromatic carbocycles. The Kier molecular flexibility index (Phi) is 6.14. The van der Waals surface area contributed by atoms with E-state index in [0.29, 0.717) is 25.1 Å². The van der Waals surface area contributed by atoms with E-state index in [4.69, 9.17) is 10.4 Å². The van der Waals surface area contributed by atoms with E-state index in [0.717, 1.165) is 0 Å². The Balaban J connectivity index is 2.57. The molecular formula is C14H17N3O4. The summed E-state index contributed by atoms with van der Waals surface area (Å²) >= 11 is 0. The van der Waals surface area contributed by atoms with Gasteiger partial charge in [-0.25, -0.2) is 0 Å². The van der Waals surface area contributed by atoms with Crippen LogP contribution in [0.2, 0.25) is 0 Å². The lowest BCUT2D eigenvalue weighted by Gasteiger charge is -2.11. The highest BCUT2D eigenvalue weighted by atomic mass is 16.6. The van der Waals surface area contributed by atoms with Crippen LogP contribution in [0.25, 0.3) is 0 Å². The third-order valence-electron chi connectivity index (χ3n) is 3.13. The number of hydrogen-bond acceptors (Lipinski definition) is 5. The van der Waals surface area contributed by atoms with Crippen molar-refractivity contribution in [2.75, 3.05) is 11.9 Å². The Labute approximate surface area is 122 Å². The number of nitrogens with one attached hydrogen (secondary N) is 1. The summed E-state index contributed by atoms with van der Waals surface area (Å²) in [5.41, 5.74) is 0.471. The predicted molar refractivity (Wildman–Crippen MR) is 77.0 cm³/mol. The number of carboxylic acids is 1. The van der Waals surface area contributed by atoms with Crippen molar-refractivity contribution in [1.82, 2.24) is 0 Å². The van der Waals surface area contributed by atoms with E-state index >= 15 is 0 Å². The van der Waals surface area contributed by atoms with Gasteiger partial charge in [0.25, 0.3) is 5.69 Å². The zero-order valence-corrected chi connectivity index (χ0v) is 11.7. The van der Waals surface area contributed by atoms with Gasteiger partial charge in [-0.3, -0.25) is 14.9 Å². The van der Waals surface area contributed by atoms with Gasteiger partial charge in [-0.1, -0.05) is 6.92 Å². The highest BCUT2D eigenvalue weighted by Crippen LogP contribution is 2.25. The van der Waals surface area contributed by atoms with Crippen LogP contribution < -0.4 is 5.32 Å². The van der Waals surface area contributed by atoms with E-state index in [-0.39, 0.29) is 23.6 Å². The van der Waals surface area contributed by atoms with Crippen molar-refractivity contribution in [2.45, 2.75) is 26.2 Å². The van der Waals surface area contributed by atoms with E-state index in [9.17, 15) is 14.9 Å². The maximum absolute atomic E-state index is 11.0. The van der Waals surface area contributed by atoms with Crippen LogP contribution in [0.4, 0.5) is 11.4 Å². The summed E-state index contributed by atoms with van der Waals surface area (Å²) in [6, 6.07) is 6.13. The van der Waals surface area contributed by atoms with Gasteiger partial charge in [0.2, 0.25) is 0 Å². The quantitative estimate of drug-likeness (QED) is 0.562. The molecular weight excluding hydrogens is 274 g/mol. The molecule has 7 nitrogen and oxygen atoms in total. The van der Waals surface area contributed by atoms with Crippen molar-refractivity contribution in [3.63, 3.8) is 0 Å². The van der Waals surface area contributed by atoms with Crippen LogP contribution in [0.3, 0.4) is 0 Å². The van der Waals surface area contributed by atoms with Gasteiger partial charge < -0.3 is 10.4 Å². The van der Waals surface area contributed by atoms with Crippen molar-refractivity contribution >= 4 is 17.3 Å². The minimum absolute atomic E-state index is 0.123. The molecule has 0 aliphatic carbocycles. The molecule has 112 valence electrons. The second-order valence-corrected chi connectivity index (χ2v) is 4.85. The van der Waals surface area contributed by atoms with Gasteiger partial charge in [0.1, 0.15) is 5.69 Å². The first-order valence-corrected chi connectivity index (χ1v) is 6.58. The minimum atomic E-state index is -0.822. The summed E-state index contributed by atoms with van der Waals surface area (Å²) < 4.78 is 0. The smallest absolute Gasteiger partial charge is 0.303 e.